The van der Waals surface area contributed by atoms with Crippen molar-refractivity contribution >= 4 is 5.69 Å². The van der Waals surface area contributed by atoms with Gasteiger partial charge in [-0.1, -0.05) is 12.1 Å². The first-order valence-corrected chi connectivity index (χ1v) is 9.74. The largest absolute Gasteiger partial charge is 0.497 e. The number of benzene rings is 2. The third-order valence-corrected chi connectivity index (χ3v) is 3.98. The van der Waals surface area contributed by atoms with Crippen molar-refractivity contribution in [2.24, 2.45) is 0 Å². The van der Waals surface area contributed by atoms with Gasteiger partial charge >= 0.3 is 5.97 Å². The van der Waals surface area contributed by atoms with Gasteiger partial charge in [0.1, 0.15) is 5.75 Å². The maximum Gasteiger partial charge on any atom is 0.312 e. The minimum atomic E-state index is -1.31. The van der Waals surface area contributed by atoms with Crippen LogP contribution in [0.3, 0.4) is 0 Å². The Morgan fingerprint density at radius 1 is 0.750 bits per heavy atom. The predicted molar refractivity (Wildman–Crippen MR) is 113 cm³/mol. The summed E-state index contributed by atoms with van der Waals surface area (Å²) in [5, 5.41) is 0. The molecule has 154 valence electrons. The minimum Gasteiger partial charge on any atom is -0.497 e. The Labute approximate surface area is 168 Å². The van der Waals surface area contributed by atoms with E-state index in [4.69, 9.17) is 24.7 Å². The first-order chi connectivity index (χ1) is 13.2. The molecule has 0 fully saturated rings. The summed E-state index contributed by atoms with van der Waals surface area (Å²) in [6, 6.07) is 13.5. The molecule has 5 heteroatoms. The zero-order valence-corrected chi connectivity index (χ0v) is 18.0. The number of nitrogen functional groups attached to an aromatic ring is 1. The Kier molecular flexibility index (Phi) is 7.47. The monoisotopic (exact) mass is 387 g/mol. The normalized spacial score (nSPS) is 12.2. The molecule has 2 rings (SSSR count). The lowest BCUT2D eigenvalue weighted by Gasteiger charge is -2.38. The van der Waals surface area contributed by atoms with Crippen LogP contribution in [0, 0.1) is 0 Å². The van der Waals surface area contributed by atoms with Crippen molar-refractivity contribution in [3.63, 3.8) is 0 Å². The van der Waals surface area contributed by atoms with E-state index in [1.807, 2.05) is 84.0 Å². The molecule has 0 amide bonds. The maximum atomic E-state index is 6.29. The Bertz CT molecular complexity index is 727. The van der Waals surface area contributed by atoms with Crippen molar-refractivity contribution in [1.29, 1.82) is 0 Å². The molecule has 0 aromatic heterocycles. The summed E-state index contributed by atoms with van der Waals surface area (Å²) in [5.41, 5.74) is 9.59. The zero-order chi connectivity index (χ0) is 20.9. The molecule has 0 atom stereocenters. The highest BCUT2D eigenvalue weighted by molar-refractivity contribution is 5.77. The molecule has 2 aromatic carbocycles. The Hall–Kier alpha value is -2.08. The van der Waals surface area contributed by atoms with Crippen LogP contribution in [0.4, 0.5) is 5.69 Å². The van der Waals surface area contributed by atoms with Crippen molar-refractivity contribution < 1.29 is 18.9 Å². The van der Waals surface area contributed by atoms with Crippen molar-refractivity contribution in [3.8, 4) is 16.9 Å². The molecule has 28 heavy (non-hydrogen) atoms. The fourth-order valence-corrected chi connectivity index (χ4v) is 2.99. The van der Waals surface area contributed by atoms with Gasteiger partial charge in [-0.3, -0.25) is 0 Å². The number of hydrogen-bond donors (Lipinski definition) is 1. The maximum absolute atomic E-state index is 6.29. The molecule has 0 heterocycles. The SMILES string of the molecule is COc1ccc(-c2cc(C(OC(C)C)(OC(C)C)OC(C)C)ccc2N)cc1. The summed E-state index contributed by atoms with van der Waals surface area (Å²) in [7, 11) is 1.65. The van der Waals surface area contributed by atoms with Gasteiger partial charge in [0.2, 0.25) is 0 Å². The molecule has 5 nitrogen and oxygen atoms in total. The first-order valence-electron chi connectivity index (χ1n) is 9.74. The van der Waals surface area contributed by atoms with E-state index < -0.39 is 5.97 Å². The quantitative estimate of drug-likeness (QED) is 0.465. The molecule has 0 unspecified atom stereocenters. The predicted octanol–water partition coefficient (Wildman–Crippen LogP) is 5.33. The van der Waals surface area contributed by atoms with Crippen LogP contribution in [0.15, 0.2) is 42.5 Å². The number of anilines is 1. The summed E-state index contributed by atoms with van der Waals surface area (Å²) in [6.45, 7) is 11.8. The fourth-order valence-electron chi connectivity index (χ4n) is 2.99. The highest BCUT2D eigenvalue weighted by Crippen LogP contribution is 2.37. The van der Waals surface area contributed by atoms with E-state index in [2.05, 4.69) is 0 Å². The summed E-state index contributed by atoms with van der Waals surface area (Å²) < 4.78 is 23.9. The third kappa shape index (κ3) is 5.47. The van der Waals surface area contributed by atoms with Crippen LogP contribution in [-0.4, -0.2) is 25.4 Å². The summed E-state index contributed by atoms with van der Waals surface area (Å²) in [6.07, 6.45) is -0.293. The number of hydrogen-bond acceptors (Lipinski definition) is 5. The minimum absolute atomic E-state index is 0.0977. The molecule has 0 aliphatic carbocycles. The molecule has 0 bridgehead atoms. The average molecular weight is 388 g/mol. The summed E-state index contributed by atoms with van der Waals surface area (Å²) in [4.78, 5) is 0. The first kappa shape index (κ1) is 22.2. The molecule has 0 aliphatic rings. The van der Waals surface area contributed by atoms with Gasteiger partial charge in [0.15, 0.2) is 0 Å². The standard InChI is InChI=1S/C23H33NO4/c1-15(2)26-23(27-16(3)4,28-17(5)6)19-10-13-22(24)21(14-19)18-8-11-20(25-7)12-9-18/h8-17H,24H2,1-7H3. The lowest BCUT2D eigenvalue weighted by atomic mass is 9.99. The average Bonchev–Trinajstić information content (AvgIpc) is 2.60. The van der Waals surface area contributed by atoms with E-state index in [0.29, 0.717) is 5.69 Å². The Morgan fingerprint density at radius 2 is 1.25 bits per heavy atom. The van der Waals surface area contributed by atoms with Gasteiger partial charge in [-0.25, -0.2) is 0 Å². The molecule has 0 aliphatic heterocycles. The smallest absolute Gasteiger partial charge is 0.312 e. The van der Waals surface area contributed by atoms with Crippen molar-refractivity contribution in [2.75, 3.05) is 12.8 Å². The van der Waals surface area contributed by atoms with Gasteiger partial charge in [0.25, 0.3) is 0 Å². The van der Waals surface area contributed by atoms with Crippen LogP contribution in [0.5, 0.6) is 5.75 Å². The van der Waals surface area contributed by atoms with Crippen LogP contribution >= 0.6 is 0 Å². The van der Waals surface area contributed by atoms with E-state index in [0.717, 1.165) is 22.4 Å². The lowest BCUT2D eigenvalue weighted by molar-refractivity contribution is -0.422. The molecular weight excluding hydrogens is 354 g/mol. The molecule has 0 spiro atoms. The number of methoxy groups -OCH3 is 1. The number of rotatable bonds is 9. The van der Waals surface area contributed by atoms with Gasteiger partial charge in [-0.05, 0) is 77.4 Å². The summed E-state index contributed by atoms with van der Waals surface area (Å²) in [5.74, 6) is -0.520. The summed E-state index contributed by atoms with van der Waals surface area (Å²) >= 11 is 0. The molecular formula is C23H33NO4. The Morgan fingerprint density at radius 3 is 1.68 bits per heavy atom. The van der Waals surface area contributed by atoms with E-state index in [1.54, 1.807) is 7.11 Å². The molecule has 2 N–H and O–H groups in total. The number of nitrogens with two attached hydrogens (primary N) is 1. The second-order valence-electron chi connectivity index (χ2n) is 7.59. The van der Waals surface area contributed by atoms with Crippen molar-refractivity contribution in [1.82, 2.24) is 0 Å². The lowest BCUT2D eigenvalue weighted by Crippen LogP contribution is -2.42. The van der Waals surface area contributed by atoms with Gasteiger partial charge in [0, 0.05) is 16.8 Å². The highest BCUT2D eigenvalue weighted by Gasteiger charge is 2.40. The third-order valence-electron chi connectivity index (χ3n) is 3.98. The Balaban J connectivity index is 2.58. The number of ether oxygens (including phenoxy) is 4. The van der Waals surface area contributed by atoms with Crippen LogP contribution in [0.2, 0.25) is 0 Å². The van der Waals surface area contributed by atoms with E-state index in [-0.39, 0.29) is 18.3 Å². The van der Waals surface area contributed by atoms with Crippen LogP contribution in [0.25, 0.3) is 11.1 Å². The molecule has 0 saturated heterocycles. The van der Waals surface area contributed by atoms with E-state index in [1.165, 1.54) is 0 Å². The topological polar surface area (TPSA) is 62.9 Å². The van der Waals surface area contributed by atoms with Gasteiger partial charge in [-0.15, -0.1) is 0 Å². The molecule has 2 aromatic rings. The molecule has 0 saturated carbocycles. The van der Waals surface area contributed by atoms with E-state index >= 15 is 0 Å². The van der Waals surface area contributed by atoms with Crippen LogP contribution < -0.4 is 10.5 Å². The fraction of sp³-hybridized carbons (Fsp3) is 0.478. The van der Waals surface area contributed by atoms with Gasteiger partial charge in [0.05, 0.1) is 25.4 Å². The molecule has 0 radical (unpaired) electrons. The van der Waals surface area contributed by atoms with Crippen molar-refractivity contribution in [3.05, 3.63) is 48.0 Å². The van der Waals surface area contributed by atoms with E-state index in [9.17, 15) is 0 Å². The van der Waals surface area contributed by atoms with Crippen LogP contribution in [-0.2, 0) is 20.2 Å². The second kappa shape index (κ2) is 9.41. The second-order valence-corrected chi connectivity index (χ2v) is 7.59. The van der Waals surface area contributed by atoms with Gasteiger partial charge < -0.3 is 24.7 Å². The highest BCUT2D eigenvalue weighted by atomic mass is 16.9. The van der Waals surface area contributed by atoms with Gasteiger partial charge in [-0.2, -0.15) is 0 Å². The van der Waals surface area contributed by atoms with Crippen LogP contribution in [0.1, 0.15) is 47.1 Å². The van der Waals surface area contributed by atoms with Crippen molar-refractivity contribution in [2.45, 2.75) is 65.8 Å². The zero-order valence-electron chi connectivity index (χ0n) is 18.0.